The van der Waals surface area contributed by atoms with Crippen molar-refractivity contribution in [2.45, 2.75) is 6.42 Å². The zero-order valence-electron chi connectivity index (χ0n) is 12.1. The first kappa shape index (κ1) is 16.1. The second-order valence-electron chi connectivity index (χ2n) is 5.01. The predicted octanol–water partition coefficient (Wildman–Crippen LogP) is 4.06. The van der Waals surface area contributed by atoms with Crippen molar-refractivity contribution in [3.05, 3.63) is 57.3 Å². The highest BCUT2D eigenvalue weighted by Crippen LogP contribution is 2.32. The summed E-state index contributed by atoms with van der Waals surface area (Å²) in [6, 6.07) is 8.68. The first-order valence-corrected chi connectivity index (χ1v) is 8.32. The molecule has 1 aliphatic rings. The van der Waals surface area contributed by atoms with Crippen LogP contribution in [0.4, 0.5) is 0 Å². The number of phenols is 1. The fourth-order valence-corrected chi connectivity index (χ4v) is 3.47. The lowest BCUT2D eigenvalue weighted by Gasteiger charge is -2.03. The van der Waals surface area contributed by atoms with E-state index >= 15 is 0 Å². The Bertz CT molecular complexity index is 828. The Labute approximate surface area is 147 Å². The van der Waals surface area contributed by atoms with Crippen molar-refractivity contribution in [2.75, 3.05) is 7.05 Å². The highest BCUT2D eigenvalue weighted by Gasteiger charge is 2.28. The number of furan rings is 1. The molecule has 0 saturated carbocycles. The van der Waals surface area contributed by atoms with E-state index in [0.29, 0.717) is 26.4 Å². The standard InChI is InChI=1S/C16H12ClNO3S2/c1-18-15(20)14(23-16(18)22)8-11-4-3-10(21-11)6-9-2-5-13(19)12(17)7-9/h2-5,7-8,19H,6H2,1H3/b14-8+. The number of thiocarbonyl (C=S) groups is 1. The van der Waals surface area contributed by atoms with Gasteiger partial charge in [-0.3, -0.25) is 9.69 Å². The van der Waals surface area contributed by atoms with Gasteiger partial charge in [-0.1, -0.05) is 41.6 Å². The van der Waals surface area contributed by atoms with Crippen molar-refractivity contribution < 1.29 is 14.3 Å². The molecule has 2 heterocycles. The van der Waals surface area contributed by atoms with E-state index in [-0.39, 0.29) is 11.7 Å². The average Bonchev–Trinajstić information content (AvgIpc) is 3.04. The van der Waals surface area contributed by atoms with E-state index in [9.17, 15) is 9.90 Å². The van der Waals surface area contributed by atoms with Crippen molar-refractivity contribution in [1.82, 2.24) is 4.90 Å². The summed E-state index contributed by atoms with van der Waals surface area (Å²) in [6.07, 6.45) is 2.23. The SMILES string of the molecule is CN1C(=O)/C(=C\c2ccc(Cc3ccc(O)c(Cl)c3)o2)SC1=S. The maximum atomic E-state index is 12.0. The van der Waals surface area contributed by atoms with Gasteiger partial charge in [-0.05, 0) is 29.8 Å². The van der Waals surface area contributed by atoms with Crippen molar-refractivity contribution in [2.24, 2.45) is 0 Å². The van der Waals surface area contributed by atoms with Gasteiger partial charge in [0.2, 0.25) is 0 Å². The number of aromatic hydroxyl groups is 1. The minimum absolute atomic E-state index is 0.0529. The number of carbonyl (C=O) groups excluding carboxylic acids is 1. The summed E-state index contributed by atoms with van der Waals surface area (Å²) in [5.41, 5.74) is 0.925. The van der Waals surface area contributed by atoms with E-state index in [1.54, 1.807) is 37.4 Å². The minimum atomic E-state index is -0.122. The smallest absolute Gasteiger partial charge is 0.266 e. The van der Waals surface area contributed by atoms with Crippen LogP contribution >= 0.6 is 35.6 Å². The fraction of sp³-hybridized carbons (Fsp3) is 0.125. The molecule has 118 valence electrons. The van der Waals surface area contributed by atoms with Gasteiger partial charge in [0, 0.05) is 19.5 Å². The largest absolute Gasteiger partial charge is 0.506 e. The average molecular weight is 366 g/mol. The molecule has 0 atom stereocenters. The highest BCUT2D eigenvalue weighted by atomic mass is 35.5. The normalized spacial score (nSPS) is 16.6. The molecule has 0 radical (unpaired) electrons. The molecule has 1 N–H and O–H groups in total. The third-order valence-electron chi connectivity index (χ3n) is 3.33. The van der Waals surface area contributed by atoms with E-state index in [1.165, 1.54) is 16.7 Å². The number of halogens is 1. The van der Waals surface area contributed by atoms with Gasteiger partial charge in [0.25, 0.3) is 5.91 Å². The third kappa shape index (κ3) is 3.44. The van der Waals surface area contributed by atoms with Gasteiger partial charge in [0.15, 0.2) is 0 Å². The Balaban J connectivity index is 1.77. The molecule has 1 saturated heterocycles. The number of phenolic OH excluding ortho intramolecular Hbond substituents is 1. The summed E-state index contributed by atoms with van der Waals surface area (Å²) in [6.45, 7) is 0. The quantitative estimate of drug-likeness (QED) is 0.656. The number of hydrogen-bond donors (Lipinski definition) is 1. The van der Waals surface area contributed by atoms with Crippen LogP contribution in [-0.2, 0) is 11.2 Å². The molecule has 1 amide bonds. The maximum Gasteiger partial charge on any atom is 0.266 e. The molecule has 0 aliphatic carbocycles. The molecule has 0 unspecified atom stereocenters. The molecule has 1 aromatic carbocycles. The molecule has 3 rings (SSSR count). The Morgan fingerprint density at radius 3 is 2.83 bits per heavy atom. The van der Waals surface area contributed by atoms with E-state index in [1.807, 2.05) is 6.07 Å². The van der Waals surface area contributed by atoms with Crippen LogP contribution in [0.5, 0.6) is 5.75 Å². The predicted molar refractivity (Wildman–Crippen MR) is 95.6 cm³/mol. The number of benzene rings is 1. The van der Waals surface area contributed by atoms with Gasteiger partial charge in [-0.15, -0.1) is 0 Å². The van der Waals surface area contributed by atoms with Gasteiger partial charge in [-0.2, -0.15) is 0 Å². The molecule has 1 aromatic heterocycles. The summed E-state index contributed by atoms with van der Waals surface area (Å²) < 4.78 is 6.26. The van der Waals surface area contributed by atoms with Crippen LogP contribution in [0.15, 0.2) is 39.7 Å². The summed E-state index contributed by atoms with van der Waals surface area (Å²) in [7, 11) is 1.65. The van der Waals surface area contributed by atoms with Gasteiger partial charge >= 0.3 is 0 Å². The monoisotopic (exact) mass is 365 g/mol. The minimum Gasteiger partial charge on any atom is -0.506 e. The number of hydrogen-bond acceptors (Lipinski definition) is 5. The van der Waals surface area contributed by atoms with Crippen LogP contribution in [0.3, 0.4) is 0 Å². The first-order chi connectivity index (χ1) is 10.9. The summed E-state index contributed by atoms with van der Waals surface area (Å²) in [5.74, 6) is 1.27. The molecule has 2 aromatic rings. The summed E-state index contributed by atoms with van der Waals surface area (Å²) in [4.78, 5) is 13.9. The number of likely N-dealkylation sites (N-methyl/N-ethyl adjacent to an activating group) is 1. The lowest BCUT2D eigenvalue weighted by Crippen LogP contribution is -2.22. The third-order valence-corrected chi connectivity index (χ3v) is 5.12. The van der Waals surface area contributed by atoms with Gasteiger partial charge in [0.05, 0.1) is 9.93 Å². The molecule has 7 heteroatoms. The molecule has 23 heavy (non-hydrogen) atoms. The zero-order chi connectivity index (χ0) is 16.6. The van der Waals surface area contributed by atoms with E-state index in [4.69, 9.17) is 28.2 Å². The van der Waals surface area contributed by atoms with Crippen molar-refractivity contribution in [1.29, 1.82) is 0 Å². The van der Waals surface area contributed by atoms with Crippen LogP contribution in [0.1, 0.15) is 17.1 Å². The highest BCUT2D eigenvalue weighted by molar-refractivity contribution is 8.26. The van der Waals surface area contributed by atoms with Gasteiger partial charge in [-0.25, -0.2) is 0 Å². The molecular weight excluding hydrogens is 354 g/mol. The second kappa shape index (κ2) is 6.39. The van der Waals surface area contributed by atoms with E-state index < -0.39 is 0 Å². The summed E-state index contributed by atoms with van der Waals surface area (Å²) >= 11 is 12.2. The second-order valence-corrected chi connectivity index (χ2v) is 7.09. The Morgan fingerprint density at radius 1 is 1.39 bits per heavy atom. The molecule has 0 bridgehead atoms. The van der Waals surface area contributed by atoms with Gasteiger partial charge < -0.3 is 9.52 Å². The van der Waals surface area contributed by atoms with Crippen LogP contribution in [-0.4, -0.2) is 27.3 Å². The Hall–Kier alpha value is -1.76. The van der Waals surface area contributed by atoms with Crippen LogP contribution in [0.25, 0.3) is 6.08 Å². The van der Waals surface area contributed by atoms with Crippen molar-refractivity contribution in [3.8, 4) is 5.75 Å². The topological polar surface area (TPSA) is 53.7 Å². The summed E-state index contributed by atoms with van der Waals surface area (Å²) in [5, 5.41) is 9.74. The molecule has 4 nitrogen and oxygen atoms in total. The molecular formula is C16H12ClNO3S2. The number of carbonyl (C=O) groups is 1. The number of thioether (sulfide) groups is 1. The number of amides is 1. The first-order valence-electron chi connectivity index (χ1n) is 6.71. The van der Waals surface area contributed by atoms with Gasteiger partial charge in [0.1, 0.15) is 21.6 Å². The van der Waals surface area contributed by atoms with Crippen LogP contribution in [0, 0.1) is 0 Å². The van der Waals surface area contributed by atoms with Crippen molar-refractivity contribution >= 4 is 51.9 Å². The Morgan fingerprint density at radius 2 is 2.17 bits per heavy atom. The maximum absolute atomic E-state index is 12.0. The van der Waals surface area contributed by atoms with Crippen molar-refractivity contribution in [3.63, 3.8) is 0 Å². The molecule has 1 fully saturated rings. The van der Waals surface area contributed by atoms with Crippen LogP contribution in [0.2, 0.25) is 5.02 Å². The van der Waals surface area contributed by atoms with Crippen LogP contribution < -0.4 is 0 Å². The number of nitrogens with zero attached hydrogens (tertiary/aromatic N) is 1. The molecule has 1 aliphatic heterocycles. The zero-order valence-corrected chi connectivity index (χ0v) is 14.5. The Kier molecular flexibility index (Phi) is 4.48. The van der Waals surface area contributed by atoms with E-state index in [2.05, 4.69) is 0 Å². The lowest BCUT2D eigenvalue weighted by atomic mass is 10.1. The lowest BCUT2D eigenvalue weighted by molar-refractivity contribution is -0.121. The molecule has 0 spiro atoms. The fourth-order valence-electron chi connectivity index (χ4n) is 2.10. The number of rotatable bonds is 3. The van der Waals surface area contributed by atoms with E-state index in [0.717, 1.165) is 11.3 Å².